The van der Waals surface area contributed by atoms with Gasteiger partial charge in [-0.1, -0.05) is 6.92 Å². The fourth-order valence-corrected chi connectivity index (χ4v) is 1.48. The molecule has 1 aromatic heterocycles. The third-order valence-corrected chi connectivity index (χ3v) is 2.62. The molecular formula is C8H15N3O3S. The Hall–Kier alpha value is -0.920. The monoisotopic (exact) mass is 233 g/mol. The molecular weight excluding hydrogens is 218 g/mol. The number of nitrogens with two attached hydrogens (primary N) is 1. The molecule has 0 saturated heterocycles. The minimum atomic E-state index is -3.64. The highest BCUT2D eigenvalue weighted by atomic mass is 32.2. The SMILES string of the molecule is CCCOCCn1cc(S(N)(=O)=O)cn1. The van der Waals surface area contributed by atoms with Crippen LogP contribution in [0.4, 0.5) is 0 Å². The predicted molar refractivity (Wildman–Crippen MR) is 54.7 cm³/mol. The number of nitrogens with zero attached hydrogens (tertiary/aromatic N) is 2. The van der Waals surface area contributed by atoms with Crippen LogP contribution in [0.15, 0.2) is 17.3 Å². The Labute approximate surface area is 89.1 Å². The molecule has 6 nitrogen and oxygen atoms in total. The number of rotatable bonds is 6. The van der Waals surface area contributed by atoms with Gasteiger partial charge in [-0.2, -0.15) is 5.10 Å². The molecule has 86 valence electrons. The van der Waals surface area contributed by atoms with Gasteiger partial charge in [0.05, 0.1) is 19.3 Å². The van der Waals surface area contributed by atoms with Crippen molar-refractivity contribution < 1.29 is 13.2 Å². The summed E-state index contributed by atoms with van der Waals surface area (Å²) in [6.45, 7) is 3.76. The molecule has 0 amide bonds. The Balaban J connectivity index is 2.47. The minimum absolute atomic E-state index is 0.0259. The van der Waals surface area contributed by atoms with Crippen molar-refractivity contribution >= 4 is 10.0 Å². The van der Waals surface area contributed by atoms with Gasteiger partial charge < -0.3 is 4.74 Å². The number of ether oxygens (including phenoxy) is 1. The molecule has 1 aromatic rings. The number of primary sulfonamides is 1. The largest absolute Gasteiger partial charge is 0.380 e. The van der Waals surface area contributed by atoms with Gasteiger partial charge in [-0.15, -0.1) is 0 Å². The summed E-state index contributed by atoms with van der Waals surface area (Å²) >= 11 is 0. The fraction of sp³-hybridized carbons (Fsp3) is 0.625. The van der Waals surface area contributed by atoms with Crippen LogP contribution in [0.1, 0.15) is 13.3 Å². The highest BCUT2D eigenvalue weighted by Crippen LogP contribution is 2.03. The van der Waals surface area contributed by atoms with Crippen molar-refractivity contribution in [3.8, 4) is 0 Å². The van der Waals surface area contributed by atoms with Gasteiger partial charge in [-0.05, 0) is 6.42 Å². The van der Waals surface area contributed by atoms with Crippen LogP contribution in [-0.2, 0) is 21.3 Å². The topological polar surface area (TPSA) is 87.2 Å². The third kappa shape index (κ3) is 3.98. The molecule has 0 aromatic carbocycles. The van der Waals surface area contributed by atoms with Crippen LogP contribution in [0.2, 0.25) is 0 Å². The van der Waals surface area contributed by atoms with E-state index in [0.29, 0.717) is 19.8 Å². The van der Waals surface area contributed by atoms with Crippen LogP contribution >= 0.6 is 0 Å². The highest BCUT2D eigenvalue weighted by molar-refractivity contribution is 7.89. The smallest absolute Gasteiger partial charge is 0.241 e. The number of sulfonamides is 1. The summed E-state index contributed by atoms with van der Waals surface area (Å²) in [5.74, 6) is 0. The minimum Gasteiger partial charge on any atom is -0.380 e. The van der Waals surface area contributed by atoms with E-state index < -0.39 is 10.0 Å². The van der Waals surface area contributed by atoms with Gasteiger partial charge in [-0.3, -0.25) is 4.68 Å². The molecule has 1 heterocycles. The molecule has 0 aliphatic heterocycles. The zero-order chi connectivity index (χ0) is 11.3. The Kier molecular flexibility index (Phi) is 4.25. The Bertz CT molecular complexity index is 399. The molecule has 0 atom stereocenters. The van der Waals surface area contributed by atoms with Gasteiger partial charge in [0.2, 0.25) is 10.0 Å². The first kappa shape index (κ1) is 12.2. The quantitative estimate of drug-likeness (QED) is 0.698. The summed E-state index contributed by atoms with van der Waals surface area (Å²) in [5, 5.41) is 8.79. The molecule has 15 heavy (non-hydrogen) atoms. The van der Waals surface area contributed by atoms with E-state index in [0.717, 1.165) is 6.42 Å². The standard InChI is InChI=1S/C8H15N3O3S/c1-2-4-14-5-3-11-7-8(6-10-11)15(9,12)13/h6-7H,2-5H2,1H3,(H2,9,12,13). The molecule has 0 bridgehead atoms. The van der Waals surface area contributed by atoms with E-state index in [1.807, 2.05) is 6.92 Å². The van der Waals surface area contributed by atoms with Crippen molar-refractivity contribution in [3.63, 3.8) is 0 Å². The lowest BCUT2D eigenvalue weighted by molar-refractivity contribution is 0.124. The van der Waals surface area contributed by atoms with Gasteiger partial charge in [0.1, 0.15) is 4.90 Å². The number of aromatic nitrogens is 2. The van der Waals surface area contributed by atoms with Crippen LogP contribution in [0.3, 0.4) is 0 Å². The zero-order valence-corrected chi connectivity index (χ0v) is 9.40. The van der Waals surface area contributed by atoms with Crippen LogP contribution in [0.5, 0.6) is 0 Å². The molecule has 1 rings (SSSR count). The van der Waals surface area contributed by atoms with E-state index in [1.165, 1.54) is 17.1 Å². The average Bonchev–Trinajstić information content (AvgIpc) is 2.60. The van der Waals surface area contributed by atoms with E-state index in [-0.39, 0.29) is 4.90 Å². The zero-order valence-electron chi connectivity index (χ0n) is 8.59. The average molecular weight is 233 g/mol. The maximum absolute atomic E-state index is 10.9. The van der Waals surface area contributed by atoms with Crippen molar-refractivity contribution in [2.24, 2.45) is 5.14 Å². The van der Waals surface area contributed by atoms with Crippen molar-refractivity contribution in [3.05, 3.63) is 12.4 Å². The van der Waals surface area contributed by atoms with Crippen molar-refractivity contribution in [2.45, 2.75) is 24.8 Å². The molecule has 0 unspecified atom stereocenters. The Morgan fingerprint density at radius 3 is 2.80 bits per heavy atom. The Morgan fingerprint density at radius 2 is 2.27 bits per heavy atom. The van der Waals surface area contributed by atoms with Gasteiger partial charge in [0.25, 0.3) is 0 Å². The van der Waals surface area contributed by atoms with Crippen molar-refractivity contribution in [1.29, 1.82) is 0 Å². The molecule has 0 aliphatic carbocycles. The van der Waals surface area contributed by atoms with E-state index in [9.17, 15) is 8.42 Å². The maximum atomic E-state index is 10.9. The molecule has 7 heteroatoms. The molecule has 0 aliphatic rings. The highest BCUT2D eigenvalue weighted by Gasteiger charge is 2.09. The van der Waals surface area contributed by atoms with Gasteiger partial charge in [-0.25, -0.2) is 13.6 Å². The lowest BCUT2D eigenvalue weighted by atomic mass is 10.5. The molecule has 0 spiro atoms. The first-order chi connectivity index (χ1) is 7.04. The number of hydrogen-bond donors (Lipinski definition) is 1. The molecule has 0 saturated carbocycles. The van der Waals surface area contributed by atoms with Crippen LogP contribution in [0, 0.1) is 0 Å². The second kappa shape index (κ2) is 5.24. The first-order valence-corrected chi connectivity index (χ1v) is 6.21. The third-order valence-electron chi connectivity index (χ3n) is 1.75. The van der Waals surface area contributed by atoms with Gasteiger partial charge in [0.15, 0.2) is 0 Å². The maximum Gasteiger partial charge on any atom is 0.241 e. The van der Waals surface area contributed by atoms with Crippen molar-refractivity contribution in [2.75, 3.05) is 13.2 Å². The van der Waals surface area contributed by atoms with E-state index in [2.05, 4.69) is 5.10 Å². The number of hydrogen-bond acceptors (Lipinski definition) is 4. The summed E-state index contributed by atoms with van der Waals surface area (Å²) in [5.41, 5.74) is 0. The summed E-state index contributed by atoms with van der Waals surface area (Å²) in [6.07, 6.45) is 3.58. The van der Waals surface area contributed by atoms with Gasteiger partial charge in [0, 0.05) is 12.8 Å². The van der Waals surface area contributed by atoms with E-state index in [1.54, 1.807) is 0 Å². The van der Waals surface area contributed by atoms with Crippen LogP contribution in [0.25, 0.3) is 0 Å². The first-order valence-electron chi connectivity index (χ1n) is 4.67. The molecule has 0 fully saturated rings. The van der Waals surface area contributed by atoms with E-state index >= 15 is 0 Å². The second-order valence-electron chi connectivity index (χ2n) is 3.10. The van der Waals surface area contributed by atoms with E-state index in [4.69, 9.17) is 9.88 Å². The predicted octanol–water partition coefficient (Wildman–Crippen LogP) is -0.0429. The second-order valence-corrected chi connectivity index (χ2v) is 4.66. The molecule has 2 N–H and O–H groups in total. The summed E-state index contributed by atoms with van der Waals surface area (Å²) in [4.78, 5) is 0.0259. The summed E-state index contributed by atoms with van der Waals surface area (Å²) < 4.78 is 28.6. The fourth-order valence-electron chi connectivity index (χ4n) is 1.02. The lowest BCUT2D eigenvalue weighted by Gasteiger charge is -2.01. The van der Waals surface area contributed by atoms with Crippen LogP contribution in [-0.4, -0.2) is 31.4 Å². The normalized spacial score (nSPS) is 11.9. The van der Waals surface area contributed by atoms with Crippen molar-refractivity contribution in [1.82, 2.24) is 9.78 Å². The lowest BCUT2D eigenvalue weighted by Crippen LogP contribution is -2.11. The summed E-state index contributed by atoms with van der Waals surface area (Å²) in [6, 6.07) is 0. The van der Waals surface area contributed by atoms with Gasteiger partial charge >= 0.3 is 0 Å². The van der Waals surface area contributed by atoms with Crippen LogP contribution < -0.4 is 5.14 Å². The summed E-state index contributed by atoms with van der Waals surface area (Å²) in [7, 11) is -3.64. The Morgan fingerprint density at radius 1 is 1.53 bits per heavy atom. The molecule has 0 radical (unpaired) electrons.